The molecule has 0 aromatic heterocycles. The van der Waals surface area contributed by atoms with Crippen molar-refractivity contribution in [3.63, 3.8) is 0 Å². The number of sulfonamides is 1. The molecule has 0 aliphatic rings. The maximum atomic E-state index is 12.3. The Morgan fingerprint density at radius 3 is 2.30 bits per heavy atom. The Hall–Kier alpha value is -1.85. The SMILES string of the molecule is Cc1cccc(NS(=O)(=O)c2ccc(C(C)N)cc2)c1. The van der Waals surface area contributed by atoms with Crippen LogP contribution in [-0.2, 0) is 10.0 Å². The van der Waals surface area contributed by atoms with E-state index >= 15 is 0 Å². The maximum Gasteiger partial charge on any atom is 0.261 e. The van der Waals surface area contributed by atoms with Crippen LogP contribution in [-0.4, -0.2) is 8.42 Å². The number of hydrogen-bond donors (Lipinski definition) is 2. The lowest BCUT2D eigenvalue weighted by Crippen LogP contribution is -2.13. The average Bonchev–Trinajstić information content (AvgIpc) is 2.38. The molecule has 0 amide bonds. The van der Waals surface area contributed by atoms with Gasteiger partial charge in [-0.2, -0.15) is 0 Å². The molecule has 3 N–H and O–H groups in total. The molecule has 2 aromatic carbocycles. The second-order valence-electron chi connectivity index (χ2n) is 4.83. The Morgan fingerprint density at radius 2 is 1.75 bits per heavy atom. The minimum atomic E-state index is -3.56. The van der Waals surface area contributed by atoms with E-state index < -0.39 is 10.0 Å². The minimum Gasteiger partial charge on any atom is -0.324 e. The molecule has 0 saturated heterocycles. The number of anilines is 1. The van der Waals surface area contributed by atoms with Gasteiger partial charge in [-0.3, -0.25) is 4.72 Å². The summed E-state index contributed by atoms with van der Waals surface area (Å²) in [6, 6.07) is 13.7. The summed E-state index contributed by atoms with van der Waals surface area (Å²) >= 11 is 0. The number of rotatable bonds is 4. The van der Waals surface area contributed by atoms with Crippen LogP contribution in [0.3, 0.4) is 0 Å². The lowest BCUT2D eigenvalue weighted by atomic mass is 10.1. The highest BCUT2D eigenvalue weighted by Gasteiger charge is 2.14. The maximum absolute atomic E-state index is 12.3. The molecule has 2 rings (SSSR count). The number of hydrogen-bond acceptors (Lipinski definition) is 3. The van der Waals surface area contributed by atoms with Crippen molar-refractivity contribution in [2.24, 2.45) is 5.73 Å². The smallest absolute Gasteiger partial charge is 0.261 e. The fourth-order valence-corrected chi connectivity index (χ4v) is 2.92. The fourth-order valence-electron chi connectivity index (χ4n) is 1.87. The molecule has 5 heteroatoms. The molecule has 0 fully saturated rings. The number of benzene rings is 2. The van der Waals surface area contributed by atoms with Gasteiger partial charge < -0.3 is 5.73 Å². The molecule has 20 heavy (non-hydrogen) atoms. The molecule has 106 valence electrons. The summed E-state index contributed by atoms with van der Waals surface area (Å²) in [4.78, 5) is 0.225. The molecular weight excluding hydrogens is 272 g/mol. The minimum absolute atomic E-state index is 0.114. The van der Waals surface area contributed by atoms with Crippen LogP contribution in [0.4, 0.5) is 5.69 Å². The highest BCUT2D eigenvalue weighted by atomic mass is 32.2. The van der Waals surface area contributed by atoms with Crippen LogP contribution >= 0.6 is 0 Å². The third-order valence-electron chi connectivity index (χ3n) is 2.99. The molecule has 0 saturated carbocycles. The highest BCUT2D eigenvalue weighted by molar-refractivity contribution is 7.92. The summed E-state index contributed by atoms with van der Waals surface area (Å²) in [7, 11) is -3.56. The first-order valence-electron chi connectivity index (χ1n) is 6.33. The van der Waals surface area contributed by atoms with Gasteiger partial charge >= 0.3 is 0 Å². The normalized spacial score (nSPS) is 12.9. The Balaban J connectivity index is 2.26. The van der Waals surface area contributed by atoms with Gasteiger partial charge in [0.25, 0.3) is 10.0 Å². The van der Waals surface area contributed by atoms with Gasteiger partial charge in [-0.15, -0.1) is 0 Å². The zero-order chi connectivity index (χ0) is 14.8. The molecule has 1 atom stereocenters. The Bertz CT molecular complexity index is 692. The first-order chi connectivity index (χ1) is 9.38. The first-order valence-corrected chi connectivity index (χ1v) is 7.82. The Labute approximate surface area is 119 Å². The van der Waals surface area contributed by atoms with Crippen molar-refractivity contribution in [1.82, 2.24) is 0 Å². The van der Waals surface area contributed by atoms with Gasteiger partial charge in [-0.1, -0.05) is 24.3 Å². The summed E-state index contributed by atoms with van der Waals surface area (Å²) in [5.74, 6) is 0. The summed E-state index contributed by atoms with van der Waals surface area (Å²) < 4.78 is 27.1. The second-order valence-corrected chi connectivity index (χ2v) is 6.52. The van der Waals surface area contributed by atoms with E-state index in [-0.39, 0.29) is 10.9 Å². The molecule has 0 radical (unpaired) electrons. The van der Waals surface area contributed by atoms with Crippen LogP contribution in [0.25, 0.3) is 0 Å². The van der Waals surface area contributed by atoms with Gasteiger partial charge in [0.2, 0.25) is 0 Å². The van der Waals surface area contributed by atoms with Gasteiger partial charge in [0.05, 0.1) is 4.90 Å². The van der Waals surface area contributed by atoms with E-state index in [4.69, 9.17) is 5.73 Å². The van der Waals surface area contributed by atoms with Crippen molar-refractivity contribution < 1.29 is 8.42 Å². The molecule has 0 aliphatic carbocycles. The summed E-state index contributed by atoms with van der Waals surface area (Å²) in [5.41, 5.74) is 8.20. The van der Waals surface area contributed by atoms with E-state index in [1.54, 1.807) is 36.4 Å². The third-order valence-corrected chi connectivity index (χ3v) is 4.38. The fraction of sp³-hybridized carbons (Fsp3) is 0.200. The molecule has 0 bridgehead atoms. The van der Waals surface area contributed by atoms with E-state index in [0.29, 0.717) is 5.69 Å². The molecule has 0 heterocycles. The van der Waals surface area contributed by atoms with E-state index in [9.17, 15) is 8.42 Å². The van der Waals surface area contributed by atoms with Gasteiger partial charge in [0.15, 0.2) is 0 Å². The number of aryl methyl sites for hydroxylation is 1. The Morgan fingerprint density at radius 1 is 1.10 bits per heavy atom. The third kappa shape index (κ3) is 3.37. The second kappa shape index (κ2) is 5.64. The van der Waals surface area contributed by atoms with Crippen LogP contribution in [0.2, 0.25) is 0 Å². The van der Waals surface area contributed by atoms with Crippen LogP contribution in [0.5, 0.6) is 0 Å². The number of nitrogens with one attached hydrogen (secondary N) is 1. The number of nitrogens with two attached hydrogens (primary N) is 1. The molecule has 0 aliphatic heterocycles. The molecule has 2 aromatic rings. The van der Waals surface area contributed by atoms with Crippen molar-refractivity contribution in [3.8, 4) is 0 Å². The van der Waals surface area contributed by atoms with E-state index in [0.717, 1.165) is 11.1 Å². The standard InChI is InChI=1S/C15H18N2O2S/c1-11-4-3-5-14(10-11)17-20(18,19)15-8-6-13(7-9-15)12(2)16/h3-10,12,17H,16H2,1-2H3. The van der Waals surface area contributed by atoms with Crippen molar-refractivity contribution >= 4 is 15.7 Å². The van der Waals surface area contributed by atoms with Crippen LogP contribution in [0.15, 0.2) is 53.4 Å². The summed E-state index contributed by atoms with van der Waals surface area (Å²) in [6.45, 7) is 3.77. The van der Waals surface area contributed by atoms with Gasteiger partial charge in [0, 0.05) is 11.7 Å². The summed E-state index contributed by atoms with van der Waals surface area (Å²) in [6.07, 6.45) is 0. The largest absolute Gasteiger partial charge is 0.324 e. The van der Waals surface area contributed by atoms with Crippen molar-refractivity contribution in [1.29, 1.82) is 0 Å². The van der Waals surface area contributed by atoms with Gasteiger partial charge in [-0.25, -0.2) is 8.42 Å². The van der Waals surface area contributed by atoms with Crippen LogP contribution < -0.4 is 10.5 Å². The summed E-state index contributed by atoms with van der Waals surface area (Å²) in [5, 5.41) is 0. The van der Waals surface area contributed by atoms with E-state index in [1.807, 2.05) is 26.0 Å². The first kappa shape index (κ1) is 14.6. The quantitative estimate of drug-likeness (QED) is 0.909. The lowest BCUT2D eigenvalue weighted by Gasteiger charge is -2.10. The van der Waals surface area contributed by atoms with E-state index in [2.05, 4.69) is 4.72 Å². The monoisotopic (exact) mass is 290 g/mol. The van der Waals surface area contributed by atoms with E-state index in [1.165, 1.54) is 0 Å². The molecular formula is C15H18N2O2S. The molecule has 1 unspecified atom stereocenters. The Kier molecular flexibility index (Phi) is 4.11. The predicted octanol–water partition coefficient (Wildman–Crippen LogP) is 2.82. The molecule has 4 nitrogen and oxygen atoms in total. The highest BCUT2D eigenvalue weighted by Crippen LogP contribution is 2.19. The van der Waals surface area contributed by atoms with Crippen molar-refractivity contribution in [2.75, 3.05) is 4.72 Å². The predicted molar refractivity (Wildman–Crippen MR) is 81.0 cm³/mol. The zero-order valence-electron chi connectivity index (χ0n) is 11.5. The zero-order valence-corrected chi connectivity index (χ0v) is 12.3. The van der Waals surface area contributed by atoms with Crippen LogP contribution in [0, 0.1) is 6.92 Å². The van der Waals surface area contributed by atoms with Gasteiger partial charge in [0.1, 0.15) is 0 Å². The average molecular weight is 290 g/mol. The topological polar surface area (TPSA) is 72.2 Å². The van der Waals surface area contributed by atoms with Crippen LogP contribution in [0.1, 0.15) is 24.1 Å². The van der Waals surface area contributed by atoms with Crippen molar-refractivity contribution in [3.05, 3.63) is 59.7 Å². The molecule has 0 spiro atoms. The lowest BCUT2D eigenvalue weighted by molar-refractivity contribution is 0.601. The van der Waals surface area contributed by atoms with Crippen molar-refractivity contribution in [2.45, 2.75) is 24.8 Å². The van der Waals surface area contributed by atoms with Gasteiger partial charge in [-0.05, 0) is 49.2 Å².